The lowest BCUT2D eigenvalue weighted by Crippen LogP contribution is -2.21. The maximum Gasteiger partial charge on any atom is 0.262 e. The smallest absolute Gasteiger partial charge is 0.262 e. The molecule has 32 heavy (non-hydrogen) atoms. The molecule has 2 aromatic carbocycles. The van der Waals surface area contributed by atoms with Crippen LogP contribution in [-0.4, -0.2) is 21.2 Å². The van der Waals surface area contributed by atoms with E-state index in [1.807, 2.05) is 42.5 Å². The molecule has 2 aromatic heterocycles. The van der Waals surface area contributed by atoms with Crippen molar-refractivity contribution in [2.24, 2.45) is 7.05 Å². The molecule has 162 valence electrons. The maximum atomic E-state index is 12.9. The van der Waals surface area contributed by atoms with Gasteiger partial charge in [-0.25, -0.2) is 4.98 Å². The van der Waals surface area contributed by atoms with Crippen molar-refractivity contribution in [1.82, 2.24) is 9.55 Å². The van der Waals surface area contributed by atoms with E-state index in [0.29, 0.717) is 5.16 Å². The van der Waals surface area contributed by atoms with E-state index in [4.69, 9.17) is 4.98 Å². The second-order valence-corrected chi connectivity index (χ2v) is 9.98. The Hall–Kier alpha value is -2.90. The van der Waals surface area contributed by atoms with Gasteiger partial charge in [0.2, 0.25) is 5.91 Å². The van der Waals surface area contributed by atoms with Gasteiger partial charge in [0.05, 0.1) is 11.1 Å². The van der Waals surface area contributed by atoms with Crippen LogP contribution in [0.2, 0.25) is 0 Å². The van der Waals surface area contributed by atoms with Crippen molar-refractivity contribution in [2.75, 3.05) is 11.1 Å². The first kappa shape index (κ1) is 21.0. The van der Waals surface area contributed by atoms with E-state index in [9.17, 15) is 9.59 Å². The van der Waals surface area contributed by atoms with Crippen molar-refractivity contribution in [3.63, 3.8) is 0 Å². The standard InChI is InChI=1S/C25H23N3O2S2/c1-28-24(30)22-18-11-7-13-20(18)32-23(22)27-25(28)31-15-21(29)26-19-12-6-5-10-17(19)14-16-8-3-2-4-9-16/h2-6,8-10,12H,7,11,13-15H2,1H3,(H,26,29). The highest BCUT2D eigenvalue weighted by Crippen LogP contribution is 2.35. The first-order valence-corrected chi connectivity index (χ1v) is 12.5. The van der Waals surface area contributed by atoms with Crippen molar-refractivity contribution in [3.8, 4) is 0 Å². The van der Waals surface area contributed by atoms with Crippen LogP contribution in [0.25, 0.3) is 10.2 Å². The first-order valence-electron chi connectivity index (χ1n) is 10.7. The molecule has 0 saturated heterocycles. The summed E-state index contributed by atoms with van der Waals surface area (Å²) < 4.78 is 1.58. The van der Waals surface area contributed by atoms with Gasteiger partial charge < -0.3 is 5.32 Å². The zero-order valence-corrected chi connectivity index (χ0v) is 19.4. The van der Waals surface area contributed by atoms with E-state index in [2.05, 4.69) is 17.4 Å². The Kier molecular flexibility index (Phi) is 5.85. The van der Waals surface area contributed by atoms with Crippen LogP contribution in [0.15, 0.2) is 64.5 Å². The highest BCUT2D eigenvalue weighted by Gasteiger charge is 2.22. The average Bonchev–Trinajstić information content (AvgIpc) is 3.38. The predicted molar refractivity (Wildman–Crippen MR) is 132 cm³/mol. The third kappa shape index (κ3) is 4.10. The zero-order chi connectivity index (χ0) is 22.1. The Balaban J connectivity index is 1.31. The molecule has 5 rings (SSSR count). The summed E-state index contributed by atoms with van der Waals surface area (Å²) in [5.74, 6) is 0.0785. The summed E-state index contributed by atoms with van der Waals surface area (Å²) in [6.07, 6.45) is 3.86. The minimum atomic E-state index is -0.112. The number of hydrogen-bond acceptors (Lipinski definition) is 5. The van der Waals surface area contributed by atoms with Gasteiger partial charge in [0.15, 0.2) is 5.16 Å². The van der Waals surface area contributed by atoms with E-state index >= 15 is 0 Å². The number of nitrogens with one attached hydrogen (secondary N) is 1. The molecule has 1 aliphatic rings. The molecule has 0 fully saturated rings. The third-order valence-electron chi connectivity index (χ3n) is 5.77. The highest BCUT2D eigenvalue weighted by molar-refractivity contribution is 7.99. The van der Waals surface area contributed by atoms with Crippen LogP contribution in [0.1, 0.15) is 28.0 Å². The molecule has 0 spiro atoms. The van der Waals surface area contributed by atoms with Crippen LogP contribution in [-0.2, 0) is 31.1 Å². The lowest BCUT2D eigenvalue weighted by Gasteiger charge is -2.12. The molecule has 7 heteroatoms. The highest BCUT2D eigenvalue weighted by atomic mass is 32.2. The number of carbonyl (C=O) groups excluding carboxylic acids is 1. The predicted octanol–water partition coefficient (Wildman–Crippen LogP) is 4.81. The molecule has 0 bridgehead atoms. The van der Waals surface area contributed by atoms with Gasteiger partial charge in [-0.1, -0.05) is 60.3 Å². The molecular formula is C25H23N3O2S2. The number of thioether (sulfide) groups is 1. The van der Waals surface area contributed by atoms with Crippen LogP contribution in [0.3, 0.4) is 0 Å². The van der Waals surface area contributed by atoms with Crippen LogP contribution in [0.4, 0.5) is 5.69 Å². The summed E-state index contributed by atoms with van der Waals surface area (Å²) in [7, 11) is 1.74. The van der Waals surface area contributed by atoms with Gasteiger partial charge in [0, 0.05) is 17.6 Å². The molecule has 0 radical (unpaired) electrons. The Morgan fingerprint density at radius 2 is 1.91 bits per heavy atom. The number of carbonyl (C=O) groups is 1. The number of para-hydroxylation sites is 1. The molecule has 0 aliphatic heterocycles. The second-order valence-electron chi connectivity index (χ2n) is 7.95. The molecule has 4 aromatic rings. The van der Waals surface area contributed by atoms with Gasteiger partial charge in [-0.15, -0.1) is 11.3 Å². The van der Waals surface area contributed by atoms with Crippen molar-refractivity contribution in [2.45, 2.75) is 30.8 Å². The van der Waals surface area contributed by atoms with Crippen molar-refractivity contribution in [1.29, 1.82) is 0 Å². The number of fused-ring (bicyclic) bond motifs is 3. The maximum absolute atomic E-state index is 12.9. The van der Waals surface area contributed by atoms with Crippen molar-refractivity contribution in [3.05, 3.63) is 86.5 Å². The van der Waals surface area contributed by atoms with Crippen LogP contribution in [0, 0.1) is 0 Å². The second kappa shape index (κ2) is 8.92. The number of hydrogen-bond donors (Lipinski definition) is 1. The zero-order valence-electron chi connectivity index (χ0n) is 17.8. The topological polar surface area (TPSA) is 64.0 Å². The molecule has 1 N–H and O–H groups in total. The van der Waals surface area contributed by atoms with E-state index in [-0.39, 0.29) is 17.2 Å². The van der Waals surface area contributed by atoms with Gasteiger partial charge in [-0.05, 0) is 48.4 Å². The summed E-state index contributed by atoms with van der Waals surface area (Å²) in [6.45, 7) is 0. The fourth-order valence-electron chi connectivity index (χ4n) is 4.16. The van der Waals surface area contributed by atoms with Gasteiger partial charge in [0.1, 0.15) is 4.83 Å². The van der Waals surface area contributed by atoms with E-state index < -0.39 is 0 Å². The van der Waals surface area contributed by atoms with Crippen LogP contribution < -0.4 is 10.9 Å². The number of benzene rings is 2. The van der Waals surface area contributed by atoms with Crippen LogP contribution in [0.5, 0.6) is 0 Å². The fourth-order valence-corrected chi connectivity index (χ4v) is 6.24. The quantitative estimate of drug-likeness (QED) is 0.331. The average molecular weight is 462 g/mol. The van der Waals surface area contributed by atoms with Gasteiger partial charge in [-0.3, -0.25) is 14.2 Å². The fraction of sp³-hybridized carbons (Fsp3) is 0.240. The van der Waals surface area contributed by atoms with E-state index in [1.165, 1.54) is 27.8 Å². The summed E-state index contributed by atoms with van der Waals surface area (Å²) in [5, 5.41) is 4.38. The minimum Gasteiger partial charge on any atom is -0.325 e. The minimum absolute atomic E-state index is 0.00878. The number of nitrogens with zero attached hydrogens (tertiary/aromatic N) is 2. The molecule has 0 saturated carbocycles. The molecule has 2 heterocycles. The molecule has 0 atom stereocenters. The summed E-state index contributed by atoms with van der Waals surface area (Å²) >= 11 is 2.93. The molecule has 0 unspecified atom stereocenters. The molecular weight excluding hydrogens is 438 g/mol. The van der Waals surface area contributed by atoms with Gasteiger partial charge >= 0.3 is 0 Å². The Labute approximate surface area is 194 Å². The van der Waals surface area contributed by atoms with Gasteiger partial charge in [-0.2, -0.15) is 0 Å². The van der Waals surface area contributed by atoms with Crippen LogP contribution >= 0.6 is 23.1 Å². The molecule has 1 amide bonds. The number of anilines is 1. The normalized spacial score (nSPS) is 12.8. The monoisotopic (exact) mass is 461 g/mol. The number of thiophene rings is 1. The van der Waals surface area contributed by atoms with Crippen molar-refractivity contribution < 1.29 is 4.79 Å². The summed E-state index contributed by atoms with van der Waals surface area (Å²) in [6, 6.07) is 18.1. The Morgan fingerprint density at radius 3 is 2.75 bits per heavy atom. The number of aromatic nitrogens is 2. The lowest BCUT2D eigenvalue weighted by atomic mass is 10.0. The molecule has 1 aliphatic carbocycles. The summed E-state index contributed by atoms with van der Waals surface area (Å²) in [4.78, 5) is 32.5. The Bertz CT molecular complexity index is 1360. The number of aryl methyl sites for hydroxylation is 2. The molecule has 5 nitrogen and oxygen atoms in total. The first-order chi connectivity index (χ1) is 15.6. The number of amides is 1. The summed E-state index contributed by atoms with van der Waals surface area (Å²) in [5.41, 5.74) is 4.25. The largest absolute Gasteiger partial charge is 0.325 e. The van der Waals surface area contributed by atoms with Gasteiger partial charge in [0.25, 0.3) is 5.56 Å². The van der Waals surface area contributed by atoms with E-state index in [1.54, 1.807) is 23.0 Å². The van der Waals surface area contributed by atoms with E-state index in [0.717, 1.165) is 47.2 Å². The SMILES string of the molecule is Cn1c(SCC(=O)Nc2ccccc2Cc2ccccc2)nc2sc3c(c2c1=O)CCC3. The third-order valence-corrected chi connectivity index (χ3v) is 7.98. The lowest BCUT2D eigenvalue weighted by molar-refractivity contribution is -0.113. The van der Waals surface area contributed by atoms with Crippen molar-refractivity contribution >= 4 is 44.9 Å². The number of rotatable bonds is 6. The Morgan fingerprint density at radius 1 is 1.12 bits per heavy atom.